The molecule has 0 aromatic heterocycles. The normalized spacial score (nSPS) is 12.5. The largest absolute Gasteiger partial charge is 0.396 e. The number of nitrogens with two attached hydrogens (primary N) is 2. The lowest BCUT2D eigenvalue weighted by atomic mass is 10.1. The molecule has 5 heteroatoms. The van der Waals surface area contributed by atoms with Gasteiger partial charge in [0.1, 0.15) is 0 Å². The monoisotopic (exact) mass is 161 g/mol. The van der Waals surface area contributed by atoms with Crippen LogP contribution in [-0.4, -0.2) is 35.9 Å². The van der Waals surface area contributed by atoms with E-state index in [0.717, 1.165) is 0 Å². The van der Waals surface area contributed by atoms with E-state index in [4.69, 9.17) is 21.7 Å². The highest BCUT2D eigenvalue weighted by molar-refractivity contribution is 5.75. The maximum absolute atomic E-state index is 8.71. The zero-order chi connectivity index (χ0) is 8.69. The van der Waals surface area contributed by atoms with Gasteiger partial charge in [0.05, 0.1) is 0 Å². The lowest BCUT2D eigenvalue weighted by Crippen LogP contribution is -2.24. The van der Waals surface area contributed by atoms with Crippen LogP contribution in [0.3, 0.4) is 0 Å². The average Bonchev–Trinajstić information content (AvgIpc) is 1.97. The van der Waals surface area contributed by atoms with Gasteiger partial charge in [0.25, 0.3) is 0 Å². The van der Waals surface area contributed by atoms with E-state index in [0.29, 0.717) is 13.0 Å². The van der Waals surface area contributed by atoms with Crippen molar-refractivity contribution in [2.45, 2.75) is 6.42 Å². The molecule has 0 heterocycles. The van der Waals surface area contributed by atoms with Crippen molar-refractivity contribution in [3.8, 4) is 0 Å². The molecule has 5 nitrogen and oxygen atoms in total. The van der Waals surface area contributed by atoms with Gasteiger partial charge in [-0.25, -0.2) is 0 Å². The van der Waals surface area contributed by atoms with E-state index in [1.807, 2.05) is 0 Å². The topological polar surface area (TPSA) is 105 Å². The summed E-state index contributed by atoms with van der Waals surface area (Å²) < 4.78 is 0. The van der Waals surface area contributed by atoms with Gasteiger partial charge in [0, 0.05) is 25.7 Å². The number of aliphatic hydroxyl groups is 2. The number of hydrogen-bond donors (Lipinski definition) is 4. The van der Waals surface area contributed by atoms with Crippen molar-refractivity contribution in [1.82, 2.24) is 0 Å². The van der Waals surface area contributed by atoms with Crippen molar-refractivity contribution in [1.29, 1.82) is 0 Å². The molecule has 0 fully saturated rings. The zero-order valence-corrected chi connectivity index (χ0v) is 6.40. The van der Waals surface area contributed by atoms with Crippen LogP contribution in [0.2, 0.25) is 0 Å². The minimum atomic E-state index is -0.0397. The Morgan fingerprint density at radius 1 is 1.36 bits per heavy atom. The average molecular weight is 161 g/mol. The van der Waals surface area contributed by atoms with Crippen molar-refractivity contribution >= 4 is 5.96 Å². The van der Waals surface area contributed by atoms with Crippen molar-refractivity contribution in [2.24, 2.45) is 22.4 Å². The molecule has 11 heavy (non-hydrogen) atoms. The molecule has 1 unspecified atom stereocenters. The Labute approximate surface area is 65.7 Å². The van der Waals surface area contributed by atoms with Gasteiger partial charge >= 0.3 is 0 Å². The van der Waals surface area contributed by atoms with Crippen molar-refractivity contribution in [3.63, 3.8) is 0 Å². The first-order valence-electron chi connectivity index (χ1n) is 3.47. The van der Waals surface area contributed by atoms with Crippen LogP contribution in [0.25, 0.3) is 0 Å². The van der Waals surface area contributed by atoms with Crippen molar-refractivity contribution in [3.05, 3.63) is 0 Å². The van der Waals surface area contributed by atoms with Gasteiger partial charge < -0.3 is 21.7 Å². The Bertz CT molecular complexity index is 123. The second-order valence-corrected chi connectivity index (χ2v) is 2.33. The minimum Gasteiger partial charge on any atom is -0.396 e. The Kier molecular flexibility index (Phi) is 5.50. The van der Waals surface area contributed by atoms with Crippen molar-refractivity contribution < 1.29 is 10.2 Å². The Morgan fingerprint density at radius 3 is 2.36 bits per heavy atom. The smallest absolute Gasteiger partial charge is 0.185 e. The number of guanidine groups is 1. The van der Waals surface area contributed by atoms with Crippen LogP contribution >= 0.6 is 0 Å². The molecule has 0 saturated heterocycles. The molecule has 0 spiro atoms. The van der Waals surface area contributed by atoms with Gasteiger partial charge in [-0.3, -0.25) is 4.99 Å². The molecule has 0 aliphatic heterocycles. The van der Waals surface area contributed by atoms with Gasteiger partial charge in [-0.2, -0.15) is 0 Å². The molecule has 0 radical (unpaired) electrons. The Morgan fingerprint density at radius 2 is 2.00 bits per heavy atom. The summed E-state index contributed by atoms with van der Waals surface area (Å²) in [5.41, 5.74) is 10.2. The first-order chi connectivity index (χ1) is 5.20. The molecule has 1 atom stereocenters. The predicted octanol–water partition coefficient (Wildman–Crippen LogP) is -1.75. The fourth-order valence-corrected chi connectivity index (χ4v) is 0.657. The third-order valence-electron chi connectivity index (χ3n) is 1.33. The van der Waals surface area contributed by atoms with E-state index >= 15 is 0 Å². The number of aliphatic imine (C=N–C) groups is 1. The Hall–Kier alpha value is -0.810. The highest BCUT2D eigenvalue weighted by atomic mass is 16.3. The molecule has 0 aromatic rings. The molecule has 0 saturated carbocycles. The summed E-state index contributed by atoms with van der Waals surface area (Å²) in [6.45, 7) is 0.419. The fourth-order valence-electron chi connectivity index (χ4n) is 0.657. The van der Waals surface area contributed by atoms with Crippen LogP contribution in [0.1, 0.15) is 6.42 Å². The third-order valence-corrected chi connectivity index (χ3v) is 1.33. The second-order valence-electron chi connectivity index (χ2n) is 2.33. The molecule has 0 amide bonds. The first-order valence-corrected chi connectivity index (χ1v) is 3.47. The molecule has 0 bridgehead atoms. The van der Waals surface area contributed by atoms with E-state index in [1.54, 1.807) is 0 Å². The lowest BCUT2D eigenvalue weighted by molar-refractivity contribution is 0.188. The maximum atomic E-state index is 8.71. The molecule has 0 aliphatic rings. The van der Waals surface area contributed by atoms with Gasteiger partial charge in [0.15, 0.2) is 5.96 Å². The third kappa shape index (κ3) is 5.63. The molecule has 0 aliphatic carbocycles. The fraction of sp³-hybridized carbons (Fsp3) is 0.833. The SMILES string of the molecule is NC(N)=NCC(CO)CCO. The summed E-state index contributed by atoms with van der Waals surface area (Å²) in [6, 6.07) is 0. The van der Waals surface area contributed by atoms with E-state index < -0.39 is 0 Å². The highest BCUT2D eigenvalue weighted by Gasteiger charge is 2.04. The molecular weight excluding hydrogens is 146 g/mol. The predicted molar refractivity (Wildman–Crippen MR) is 43.0 cm³/mol. The number of nitrogens with zero attached hydrogens (tertiary/aromatic N) is 1. The maximum Gasteiger partial charge on any atom is 0.185 e. The van der Waals surface area contributed by atoms with E-state index in [1.165, 1.54) is 0 Å². The second kappa shape index (κ2) is 5.94. The highest BCUT2D eigenvalue weighted by Crippen LogP contribution is 2.00. The molecule has 6 N–H and O–H groups in total. The summed E-state index contributed by atoms with van der Waals surface area (Å²) in [5.74, 6) is -0.0245. The quantitative estimate of drug-likeness (QED) is 0.283. The summed E-state index contributed by atoms with van der Waals surface area (Å²) in [5, 5.41) is 17.2. The molecular formula is C6H15N3O2. The number of hydrogen-bond acceptors (Lipinski definition) is 3. The van der Waals surface area contributed by atoms with Gasteiger partial charge in [0.2, 0.25) is 0 Å². The van der Waals surface area contributed by atoms with Gasteiger partial charge in [-0.15, -0.1) is 0 Å². The molecule has 66 valence electrons. The standard InChI is InChI=1S/C6H15N3O2/c7-6(8)9-3-5(4-11)1-2-10/h5,10-11H,1-4H2,(H4,7,8,9). The van der Waals surface area contributed by atoms with Gasteiger partial charge in [-0.1, -0.05) is 0 Å². The van der Waals surface area contributed by atoms with Crippen LogP contribution in [0.15, 0.2) is 4.99 Å². The van der Waals surface area contributed by atoms with Gasteiger partial charge in [-0.05, 0) is 6.42 Å². The Balaban J connectivity index is 3.60. The zero-order valence-electron chi connectivity index (χ0n) is 6.40. The summed E-state index contributed by atoms with van der Waals surface area (Å²) in [6.07, 6.45) is 0.521. The van der Waals surface area contributed by atoms with E-state index in [9.17, 15) is 0 Å². The number of aliphatic hydroxyl groups excluding tert-OH is 2. The minimum absolute atomic E-state index is 0.00264. The van der Waals surface area contributed by atoms with Crippen LogP contribution in [-0.2, 0) is 0 Å². The summed E-state index contributed by atoms with van der Waals surface area (Å²) >= 11 is 0. The van der Waals surface area contributed by atoms with Crippen LogP contribution < -0.4 is 11.5 Å². The lowest BCUT2D eigenvalue weighted by Gasteiger charge is -2.08. The van der Waals surface area contributed by atoms with Crippen LogP contribution in [0.5, 0.6) is 0 Å². The summed E-state index contributed by atoms with van der Waals surface area (Å²) in [4.78, 5) is 3.72. The van der Waals surface area contributed by atoms with E-state index in [2.05, 4.69) is 4.99 Å². The summed E-state index contributed by atoms with van der Waals surface area (Å²) in [7, 11) is 0. The molecule has 0 rings (SSSR count). The van der Waals surface area contributed by atoms with Crippen LogP contribution in [0, 0.1) is 5.92 Å². The van der Waals surface area contributed by atoms with E-state index in [-0.39, 0.29) is 25.1 Å². The van der Waals surface area contributed by atoms with Crippen LogP contribution in [0.4, 0.5) is 0 Å². The number of rotatable bonds is 5. The van der Waals surface area contributed by atoms with Crippen molar-refractivity contribution in [2.75, 3.05) is 19.8 Å². The first kappa shape index (κ1) is 10.2. The molecule has 0 aromatic carbocycles.